The summed E-state index contributed by atoms with van der Waals surface area (Å²) in [4.78, 5) is 23.1. The molecule has 0 aliphatic rings. The van der Waals surface area contributed by atoms with Gasteiger partial charge in [-0.15, -0.1) is 11.3 Å². The molecule has 1 aromatic heterocycles. The Balaban J connectivity index is 1.75. The highest BCUT2D eigenvalue weighted by molar-refractivity contribution is 7.12. The maximum atomic E-state index is 12.4. The molecule has 3 rings (SSSR count). The van der Waals surface area contributed by atoms with E-state index in [0.717, 1.165) is 16.7 Å². The molecule has 1 amide bonds. The molecule has 0 atom stereocenters. The minimum absolute atomic E-state index is 0.370. The van der Waals surface area contributed by atoms with Crippen molar-refractivity contribution in [3.8, 4) is 16.9 Å². The number of aromatic hydroxyl groups is 1. The van der Waals surface area contributed by atoms with Crippen LogP contribution in [0.1, 0.15) is 20.8 Å². The SMILES string of the molecule is Cc1ccc(-c2ccsc2C(=O)N/N=C\c2ccc(O)c([N+](=O)[O-])c2)cc1. The van der Waals surface area contributed by atoms with Crippen molar-refractivity contribution in [3.63, 3.8) is 0 Å². The van der Waals surface area contributed by atoms with Crippen LogP contribution in [0.15, 0.2) is 59.0 Å². The molecule has 0 spiro atoms. The summed E-state index contributed by atoms with van der Waals surface area (Å²) in [6.45, 7) is 1.99. The fourth-order valence-electron chi connectivity index (χ4n) is 2.43. The van der Waals surface area contributed by atoms with Crippen molar-refractivity contribution >= 4 is 29.1 Å². The van der Waals surface area contributed by atoms with Gasteiger partial charge in [-0.3, -0.25) is 14.9 Å². The Morgan fingerprint density at radius 2 is 1.96 bits per heavy atom. The van der Waals surface area contributed by atoms with E-state index in [1.165, 1.54) is 35.8 Å². The predicted octanol–water partition coefficient (Wildman–Crippen LogP) is 4.10. The van der Waals surface area contributed by atoms with Crippen molar-refractivity contribution in [2.75, 3.05) is 0 Å². The smallest absolute Gasteiger partial charge is 0.311 e. The Kier molecular flexibility index (Phi) is 5.28. The van der Waals surface area contributed by atoms with Crippen molar-refractivity contribution in [2.24, 2.45) is 5.10 Å². The number of nitro groups is 1. The molecule has 0 unspecified atom stereocenters. The van der Waals surface area contributed by atoms with Gasteiger partial charge >= 0.3 is 5.69 Å². The molecular weight excluding hydrogens is 366 g/mol. The normalized spacial score (nSPS) is 10.9. The second kappa shape index (κ2) is 7.79. The van der Waals surface area contributed by atoms with Crippen molar-refractivity contribution in [2.45, 2.75) is 6.92 Å². The number of aryl methyl sites for hydroxylation is 1. The molecule has 8 heteroatoms. The Bertz CT molecular complexity index is 1030. The maximum Gasteiger partial charge on any atom is 0.311 e. The highest BCUT2D eigenvalue weighted by atomic mass is 32.1. The number of carbonyl (C=O) groups excluding carboxylic acids is 1. The van der Waals surface area contributed by atoms with Crippen LogP contribution in [0.2, 0.25) is 0 Å². The van der Waals surface area contributed by atoms with Gasteiger partial charge in [0.2, 0.25) is 0 Å². The lowest BCUT2D eigenvalue weighted by Gasteiger charge is -2.04. The van der Waals surface area contributed by atoms with Gasteiger partial charge in [0.15, 0.2) is 5.75 Å². The molecule has 2 N–H and O–H groups in total. The first kappa shape index (κ1) is 18.3. The molecule has 7 nitrogen and oxygen atoms in total. The molecule has 136 valence electrons. The molecule has 1 heterocycles. The number of nitrogens with zero attached hydrogens (tertiary/aromatic N) is 2. The van der Waals surface area contributed by atoms with Crippen LogP contribution in [0.3, 0.4) is 0 Å². The van der Waals surface area contributed by atoms with Crippen LogP contribution in [0.25, 0.3) is 11.1 Å². The third kappa shape index (κ3) is 4.18. The highest BCUT2D eigenvalue weighted by Crippen LogP contribution is 2.28. The number of nitrogens with one attached hydrogen (secondary N) is 1. The summed E-state index contributed by atoms with van der Waals surface area (Å²) in [5.41, 5.74) is 5.26. The van der Waals surface area contributed by atoms with Crippen LogP contribution in [0.5, 0.6) is 5.75 Å². The molecule has 0 aliphatic heterocycles. The zero-order valence-corrected chi connectivity index (χ0v) is 15.1. The molecule has 0 radical (unpaired) electrons. The minimum atomic E-state index is -0.690. The van der Waals surface area contributed by atoms with Crippen LogP contribution >= 0.6 is 11.3 Å². The zero-order valence-electron chi connectivity index (χ0n) is 14.2. The Hall–Kier alpha value is -3.52. The van der Waals surface area contributed by atoms with Crippen molar-refractivity contribution in [1.82, 2.24) is 5.43 Å². The van der Waals surface area contributed by atoms with Crippen LogP contribution in [0, 0.1) is 17.0 Å². The number of amides is 1. The predicted molar refractivity (Wildman–Crippen MR) is 104 cm³/mol. The van der Waals surface area contributed by atoms with E-state index in [1.54, 1.807) is 0 Å². The third-order valence-corrected chi connectivity index (χ3v) is 4.72. The lowest BCUT2D eigenvalue weighted by atomic mass is 10.1. The van der Waals surface area contributed by atoms with Gasteiger partial charge in [-0.05, 0) is 36.1 Å². The van der Waals surface area contributed by atoms with Gasteiger partial charge in [0.25, 0.3) is 5.91 Å². The van der Waals surface area contributed by atoms with E-state index in [-0.39, 0.29) is 5.91 Å². The standard InChI is InChI=1S/C19H15N3O4S/c1-12-2-5-14(6-3-12)15-8-9-27-18(15)19(24)21-20-11-13-4-7-17(23)16(10-13)22(25)26/h2-11,23H,1H3,(H,21,24)/b20-11-. The first-order valence-electron chi connectivity index (χ1n) is 7.91. The maximum absolute atomic E-state index is 12.4. The van der Waals surface area contributed by atoms with E-state index >= 15 is 0 Å². The lowest BCUT2D eigenvalue weighted by molar-refractivity contribution is -0.385. The summed E-state index contributed by atoms with van der Waals surface area (Å²) < 4.78 is 0. The average Bonchev–Trinajstić information content (AvgIpc) is 3.13. The second-order valence-corrected chi connectivity index (χ2v) is 6.65. The number of hydrogen-bond donors (Lipinski definition) is 2. The fraction of sp³-hybridized carbons (Fsp3) is 0.0526. The summed E-state index contributed by atoms with van der Waals surface area (Å²) in [5, 5.41) is 26.0. The fourth-order valence-corrected chi connectivity index (χ4v) is 3.23. The minimum Gasteiger partial charge on any atom is -0.502 e. The van der Waals surface area contributed by atoms with Crippen molar-refractivity contribution in [3.05, 3.63) is 80.0 Å². The summed E-state index contributed by atoms with van der Waals surface area (Å²) in [7, 11) is 0. The van der Waals surface area contributed by atoms with Crippen LogP contribution in [0.4, 0.5) is 5.69 Å². The van der Waals surface area contributed by atoms with Gasteiger partial charge in [-0.1, -0.05) is 29.8 Å². The third-order valence-electron chi connectivity index (χ3n) is 3.81. The lowest BCUT2D eigenvalue weighted by Crippen LogP contribution is -2.17. The van der Waals surface area contributed by atoms with Gasteiger partial charge in [-0.2, -0.15) is 5.10 Å². The van der Waals surface area contributed by atoms with Crippen LogP contribution in [-0.4, -0.2) is 22.2 Å². The number of nitro benzene ring substituents is 1. The van der Waals surface area contributed by atoms with Gasteiger partial charge in [0.05, 0.1) is 11.1 Å². The molecule has 0 saturated carbocycles. The monoisotopic (exact) mass is 381 g/mol. The number of thiophene rings is 1. The number of phenolic OH excluding ortho intramolecular Hbond substituents is 1. The van der Waals surface area contributed by atoms with E-state index in [9.17, 15) is 20.0 Å². The summed E-state index contributed by atoms with van der Waals surface area (Å²) in [5.74, 6) is -0.799. The van der Waals surface area contributed by atoms with E-state index in [1.807, 2.05) is 42.6 Å². The largest absolute Gasteiger partial charge is 0.502 e. The topological polar surface area (TPSA) is 105 Å². The number of hydrogen-bond acceptors (Lipinski definition) is 6. The Morgan fingerprint density at radius 3 is 2.67 bits per heavy atom. The van der Waals surface area contributed by atoms with Gasteiger partial charge in [-0.25, -0.2) is 5.43 Å². The molecule has 3 aromatic rings. The first-order valence-corrected chi connectivity index (χ1v) is 8.79. The van der Waals surface area contributed by atoms with Crippen LogP contribution in [-0.2, 0) is 0 Å². The summed E-state index contributed by atoms with van der Waals surface area (Å²) >= 11 is 1.30. The molecule has 0 aliphatic carbocycles. The average molecular weight is 381 g/mol. The number of benzene rings is 2. The highest BCUT2D eigenvalue weighted by Gasteiger charge is 2.15. The molecule has 0 saturated heterocycles. The Morgan fingerprint density at radius 1 is 1.22 bits per heavy atom. The van der Waals surface area contributed by atoms with E-state index in [0.29, 0.717) is 10.4 Å². The summed E-state index contributed by atoms with van der Waals surface area (Å²) in [6, 6.07) is 13.6. The van der Waals surface area contributed by atoms with Gasteiger partial charge < -0.3 is 5.11 Å². The first-order chi connectivity index (χ1) is 13.0. The van der Waals surface area contributed by atoms with Gasteiger partial charge in [0, 0.05) is 17.2 Å². The summed E-state index contributed by atoms with van der Waals surface area (Å²) in [6.07, 6.45) is 1.28. The number of phenols is 1. The van der Waals surface area contributed by atoms with Gasteiger partial charge in [0.1, 0.15) is 4.88 Å². The molecular formula is C19H15N3O4S. The number of hydrazone groups is 1. The van der Waals surface area contributed by atoms with Crippen molar-refractivity contribution < 1.29 is 14.8 Å². The van der Waals surface area contributed by atoms with Crippen molar-refractivity contribution in [1.29, 1.82) is 0 Å². The number of carbonyl (C=O) groups is 1. The quantitative estimate of drug-likeness (QED) is 0.394. The van der Waals surface area contributed by atoms with E-state index in [2.05, 4.69) is 10.5 Å². The Labute approximate surface area is 158 Å². The van der Waals surface area contributed by atoms with E-state index in [4.69, 9.17) is 0 Å². The molecule has 0 bridgehead atoms. The van der Waals surface area contributed by atoms with E-state index < -0.39 is 16.4 Å². The number of rotatable bonds is 5. The zero-order chi connectivity index (χ0) is 19.4. The molecule has 2 aromatic carbocycles. The van der Waals surface area contributed by atoms with Crippen LogP contribution < -0.4 is 5.43 Å². The molecule has 27 heavy (non-hydrogen) atoms. The molecule has 0 fully saturated rings. The second-order valence-electron chi connectivity index (χ2n) is 5.73.